The highest BCUT2D eigenvalue weighted by Crippen LogP contribution is 2.41. The zero-order chi connectivity index (χ0) is 31.4. The van der Waals surface area contributed by atoms with Gasteiger partial charge in [-0.1, -0.05) is 29.8 Å². The third-order valence-electron chi connectivity index (χ3n) is 6.96. The second-order valence-electron chi connectivity index (χ2n) is 9.87. The van der Waals surface area contributed by atoms with Gasteiger partial charge in [0.15, 0.2) is 11.5 Å². The van der Waals surface area contributed by atoms with Gasteiger partial charge in [-0.3, -0.25) is 19.3 Å². The summed E-state index contributed by atoms with van der Waals surface area (Å²) >= 11 is 11.8. The number of hydrogen-bond acceptors (Lipinski definition) is 9. The number of carbonyl (C=O) groups is 4. The molecule has 9 nitrogen and oxygen atoms in total. The maximum atomic E-state index is 13.2. The van der Waals surface area contributed by atoms with E-state index in [1.54, 1.807) is 31.2 Å². The molecule has 2 heterocycles. The van der Waals surface area contributed by atoms with E-state index in [0.717, 1.165) is 58.3 Å². The fraction of sp³-hybridized carbons (Fsp3) is 0.290. The minimum absolute atomic E-state index is 0.153. The van der Waals surface area contributed by atoms with Gasteiger partial charge in [-0.25, -0.2) is 4.79 Å². The summed E-state index contributed by atoms with van der Waals surface area (Å²) in [6.07, 6.45) is 5.07. The molecule has 0 bridgehead atoms. The number of aryl methyl sites for hydroxylation is 1. The Morgan fingerprint density at radius 2 is 1.93 bits per heavy atom. The predicted octanol–water partition coefficient (Wildman–Crippen LogP) is 7.48. The lowest BCUT2D eigenvalue weighted by atomic mass is 9.95. The van der Waals surface area contributed by atoms with Gasteiger partial charge in [-0.15, -0.1) is 11.3 Å². The fourth-order valence-electron chi connectivity index (χ4n) is 4.90. The van der Waals surface area contributed by atoms with Gasteiger partial charge in [0.25, 0.3) is 11.1 Å². The van der Waals surface area contributed by atoms with Crippen LogP contribution < -0.4 is 14.8 Å². The van der Waals surface area contributed by atoms with E-state index in [0.29, 0.717) is 37.1 Å². The number of hydrogen-bond donors (Lipinski definition) is 1. The Morgan fingerprint density at radius 3 is 2.68 bits per heavy atom. The van der Waals surface area contributed by atoms with Crippen LogP contribution in [0.4, 0.5) is 9.80 Å². The van der Waals surface area contributed by atoms with Gasteiger partial charge in [0.1, 0.15) is 18.2 Å². The topological polar surface area (TPSA) is 111 Å². The van der Waals surface area contributed by atoms with E-state index in [1.165, 1.54) is 18.4 Å². The Kier molecular flexibility index (Phi) is 10.3. The number of benzene rings is 2. The Bertz CT molecular complexity index is 1670. The number of halogens is 2. The number of methoxy groups -OCH3 is 1. The molecule has 3 aromatic rings. The highest BCUT2D eigenvalue weighted by Gasteiger charge is 2.37. The van der Waals surface area contributed by atoms with Crippen molar-refractivity contribution in [2.75, 3.05) is 25.6 Å². The number of rotatable bonds is 10. The molecule has 1 aromatic heterocycles. The Morgan fingerprint density at radius 1 is 1.16 bits per heavy atom. The quantitative estimate of drug-likeness (QED) is 0.170. The highest BCUT2D eigenvalue weighted by molar-refractivity contribution is 9.10. The van der Waals surface area contributed by atoms with E-state index >= 15 is 0 Å². The Balaban J connectivity index is 1.29. The number of nitrogens with one attached hydrogen (secondary N) is 1. The first-order valence-corrected chi connectivity index (χ1v) is 16.6. The molecule has 3 amide bonds. The minimum atomic E-state index is -0.597. The summed E-state index contributed by atoms with van der Waals surface area (Å²) in [5, 5.41) is 3.15. The van der Waals surface area contributed by atoms with E-state index in [9.17, 15) is 19.2 Å². The number of thiophene rings is 1. The van der Waals surface area contributed by atoms with Crippen LogP contribution in [0.5, 0.6) is 11.5 Å². The largest absolute Gasteiger partial charge is 0.493 e. The van der Waals surface area contributed by atoms with Crippen LogP contribution in [0.2, 0.25) is 5.02 Å². The Hall–Kier alpha value is -3.32. The molecule has 5 rings (SSSR count). The van der Waals surface area contributed by atoms with E-state index in [1.807, 2.05) is 18.2 Å². The summed E-state index contributed by atoms with van der Waals surface area (Å²) in [5.41, 5.74) is 2.66. The second-order valence-corrected chi connectivity index (χ2v) is 13.2. The molecule has 44 heavy (non-hydrogen) atoms. The highest BCUT2D eigenvalue weighted by atomic mass is 79.9. The normalized spacial score (nSPS) is 15.4. The molecule has 1 saturated heterocycles. The molecule has 2 aliphatic rings. The number of fused-ring (bicyclic) bond motifs is 1. The van der Waals surface area contributed by atoms with Crippen molar-refractivity contribution in [2.24, 2.45) is 0 Å². The summed E-state index contributed by atoms with van der Waals surface area (Å²) < 4.78 is 17.3. The number of anilines is 1. The van der Waals surface area contributed by atoms with Crippen LogP contribution in [0.3, 0.4) is 0 Å². The molecular weight excluding hydrogens is 692 g/mol. The second kappa shape index (κ2) is 14.2. The molecule has 1 aliphatic heterocycles. The predicted molar refractivity (Wildman–Crippen MR) is 175 cm³/mol. The molecule has 2 aromatic carbocycles. The van der Waals surface area contributed by atoms with Gasteiger partial charge >= 0.3 is 5.97 Å². The fourth-order valence-corrected chi connectivity index (χ4v) is 7.80. The number of carbonyl (C=O) groups excluding carboxylic acids is 4. The summed E-state index contributed by atoms with van der Waals surface area (Å²) in [6.45, 7) is 1.65. The van der Waals surface area contributed by atoms with Crippen molar-refractivity contribution in [3.8, 4) is 11.5 Å². The molecule has 13 heteroatoms. The zero-order valence-electron chi connectivity index (χ0n) is 23.9. The van der Waals surface area contributed by atoms with Crippen molar-refractivity contribution in [3.05, 3.63) is 77.9 Å². The van der Waals surface area contributed by atoms with Crippen LogP contribution in [0, 0.1) is 0 Å². The molecule has 0 spiro atoms. The molecule has 230 valence electrons. The third kappa shape index (κ3) is 6.98. The van der Waals surface area contributed by atoms with Gasteiger partial charge in [-0.05, 0) is 95.7 Å². The maximum Gasteiger partial charge on any atom is 0.341 e. The standard InChI is InChI=1S/C31H28BrClN2O7S2/c1-3-41-30(38)26-19-9-5-7-11-23(19)43-28(26)34-25(36)15-35-29(37)24(44-31(35)39)14-17-12-20(32)27(22(13-17)40-2)42-16-18-8-4-6-10-21(18)33/h4,6,8,10,12-14H,3,5,7,9,11,15-16H2,1-2H3,(H,34,36). The monoisotopic (exact) mass is 718 g/mol. The number of imide groups is 1. The van der Waals surface area contributed by atoms with Crippen molar-refractivity contribution in [2.45, 2.75) is 39.2 Å². The number of thioether (sulfide) groups is 1. The molecule has 0 unspecified atom stereocenters. The number of ether oxygens (including phenoxy) is 3. The summed E-state index contributed by atoms with van der Waals surface area (Å²) in [4.78, 5) is 53.9. The van der Waals surface area contributed by atoms with Crippen LogP contribution in [-0.2, 0) is 33.8 Å². The van der Waals surface area contributed by atoms with Crippen LogP contribution in [0.1, 0.15) is 51.7 Å². The van der Waals surface area contributed by atoms with E-state index in [-0.39, 0.29) is 18.1 Å². The van der Waals surface area contributed by atoms with Gasteiger partial charge in [0.2, 0.25) is 5.91 Å². The van der Waals surface area contributed by atoms with Crippen LogP contribution in [0.15, 0.2) is 45.8 Å². The lowest BCUT2D eigenvalue weighted by Gasteiger charge is -2.14. The SMILES string of the molecule is CCOC(=O)c1c(NC(=O)CN2C(=O)SC(=Cc3cc(Br)c(OCc4ccccc4Cl)c(OC)c3)C2=O)sc2c1CCCC2. The van der Waals surface area contributed by atoms with Crippen molar-refractivity contribution >= 4 is 84.7 Å². The molecule has 0 atom stereocenters. The summed E-state index contributed by atoms with van der Waals surface area (Å²) in [7, 11) is 1.50. The summed E-state index contributed by atoms with van der Waals surface area (Å²) in [5.74, 6) is -0.806. The molecular formula is C31H28BrClN2O7S2. The smallest absolute Gasteiger partial charge is 0.341 e. The zero-order valence-corrected chi connectivity index (χ0v) is 27.8. The third-order valence-corrected chi connectivity index (χ3v) is 10.0. The van der Waals surface area contributed by atoms with Crippen molar-refractivity contribution < 1.29 is 33.4 Å². The van der Waals surface area contributed by atoms with Crippen molar-refractivity contribution in [1.29, 1.82) is 0 Å². The minimum Gasteiger partial charge on any atom is -0.493 e. The van der Waals surface area contributed by atoms with Crippen LogP contribution in [0.25, 0.3) is 6.08 Å². The van der Waals surface area contributed by atoms with E-state index in [4.69, 9.17) is 25.8 Å². The number of amides is 3. The average molecular weight is 720 g/mol. The van der Waals surface area contributed by atoms with Crippen LogP contribution >= 0.6 is 50.6 Å². The lowest BCUT2D eigenvalue weighted by molar-refractivity contribution is -0.127. The Labute approximate surface area is 276 Å². The first-order valence-electron chi connectivity index (χ1n) is 13.8. The number of nitrogens with zero attached hydrogens (tertiary/aromatic N) is 1. The first-order chi connectivity index (χ1) is 21.2. The molecule has 1 N–H and O–H groups in total. The molecule has 1 aliphatic carbocycles. The van der Waals surface area contributed by atoms with Crippen molar-refractivity contribution in [1.82, 2.24) is 4.90 Å². The van der Waals surface area contributed by atoms with E-state index < -0.39 is 29.6 Å². The van der Waals surface area contributed by atoms with Gasteiger partial charge in [0.05, 0.1) is 28.7 Å². The lowest BCUT2D eigenvalue weighted by Crippen LogP contribution is -2.36. The van der Waals surface area contributed by atoms with Crippen LogP contribution in [-0.4, -0.2) is 48.2 Å². The van der Waals surface area contributed by atoms with Crippen molar-refractivity contribution in [3.63, 3.8) is 0 Å². The van der Waals surface area contributed by atoms with E-state index in [2.05, 4.69) is 21.2 Å². The number of esters is 1. The molecule has 0 saturated carbocycles. The first kappa shape index (κ1) is 32.1. The van der Waals surface area contributed by atoms with Gasteiger partial charge in [-0.2, -0.15) is 0 Å². The summed E-state index contributed by atoms with van der Waals surface area (Å²) in [6, 6.07) is 10.8. The maximum absolute atomic E-state index is 13.2. The van der Waals surface area contributed by atoms with Gasteiger partial charge in [0, 0.05) is 15.5 Å². The average Bonchev–Trinajstić information content (AvgIpc) is 3.48. The molecule has 1 fully saturated rings. The molecule has 0 radical (unpaired) electrons. The van der Waals surface area contributed by atoms with Gasteiger partial charge < -0.3 is 19.5 Å².